The number of hydrogen-bond acceptors (Lipinski definition) is 4. The lowest BCUT2D eigenvalue weighted by Crippen LogP contribution is -2.12. The smallest absolute Gasteiger partial charge is 0.148 e. The lowest BCUT2D eigenvalue weighted by Gasteiger charge is -2.04. The van der Waals surface area contributed by atoms with Crippen LogP contribution in [-0.4, -0.2) is 20.2 Å². The molecule has 0 aromatic carbocycles. The lowest BCUT2D eigenvalue weighted by molar-refractivity contribution is 0.465. The van der Waals surface area contributed by atoms with Gasteiger partial charge in [0.2, 0.25) is 0 Å². The van der Waals surface area contributed by atoms with Crippen LogP contribution in [0.4, 0.5) is 0 Å². The molecule has 0 amide bonds. The van der Waals surface area contributed by atoms with Gasteiger partial charge in [0.1, 0.15) is 5.82 Å². The monoisotopic (exact) mass is 163 g/mol. The van der Waals surface area contributed by atoms with E-state index in [9.17, 15) is 0 Å². The van der Waals surface area contributed by atoms with E-state index >= 15 is 0 Å². The number of rotatable bonds is 2. The maximum Gasteiger partial charge on any atom is 0.148 e. The molecule has 1 aliphatic rings. The van der Waals surface area contributed by atoms with Crippen molar-refractivity contribution in [3.8, 4) is 6.07 Å². The van der Waals surface area contributed by atoms with Crippen LogP contribution < -0.4 is 0 Å². The summed E-state index contributed by atoms with van der Waals surface area (Å²) in [6, 6.07) is 2.30. The fourth-order valence-corrected chi connectivity index (χ4v) is 1.14. The predicted octanol–water partition coefficient (Wildman–Crippen LogP) is 0.285. The summed E-state index contributed by atoms with van der Waals surface area (Å²) in [6.07, 6.45) is 1.95. The average molecular weight is 163 g/mol. The highest BCUT2D eigenvalue weighted by Gasteiger charge is 2.44. The SMILES string of the molecule is Cc1nnnn1CC1(C#N)CC1. The molecule has 1 saturated carbocycles. The van der Waals surface area contributed by atoms with Crippen molar-refractivity contribution in [2.24, 2.45) is 5.41 Å². The highest BCUT2D eigenvalue weighted by Crippen LogP contribution is 2.46. The molecule has 1 aliphatic carbocycles. The Hall–Kier alpha value is -1.44. The van der Waals surface area contributed by atoms with Gasteiger partial charge in [-0.2, -0.15) is 5.26 Å². The van der Waals surface area contributed by atoms with Crippen LogP contribution >= 0.6 is 0 Å². The first kappa shape index (κ1) is 7.22. The van der Waals surface area contributed by atoms with Crippen molar-refractivity contribution in [1.29, 1.82) is 5.26 Å². The molecule has 0 bridgehead atoms. The van der Waals surface area contributed by atoms with Crippen molar-refractivity contribution in [3.63, 3.8) is 0 Å². The zero-order chi connectivity index (χ0) is 8.60. The van der Waals surface area contributed by atoms with Gasteiger partial charge in [0.25, 0.3) is 0 Å². The molecule has 0 spiro atoms. The molecule has 0 radical (unpaired) electrons. The molecule has 2 rings (SSSR count). The standard InChI is InChI=1S/C7H9N5/c1-6-9-10-11-12(6)5-7(4-8)2-3-7/h2-3,5H2,1H3. The van der Waals surface area contributed by atoms with E-state index in [1.54, 1.807) is 4.68 Å². The van der Waals surface area contributed by atoms with Crippen LogP contribution in [0.1, 0.15) is 18.7 Å². The molecule has 1 heterocycles. The van der Waals surface area contributed by atoms with Crippen molar-refractivity contribution in [2.45, 2.75) is 26.3 Å². The third-order valence-electron chi connectivity index (χ3n) is 2.25. The van der Waals surface area contributed by atoms with Gasteiger partial charge in [-0.25, -0.2) is 4.68 Å². The zero-order valence-corrected chi connectivity index (χ0v) is 6.86. The molecule has 1 aromatic heterocycles. The Morgan fingerprint density at radius 2 is 2.42 bits per heavy atom. The van der Waals surface area contributed by atoms with E-state index in [2.05, 4.69) is 21.6 Å². The average Bonchev–Trinajstić information content (AvgIpc) is 2.74. The Morgan fingerprint density at radius 1 is 1.67 bits per heavy atom. The van der Waals surface area contributed by atoms with Gasteiger partial charge < -0.3 is 0 Å². The molecule has 0 saturated heterocycles. The van der Waals surface area contributed by atoms with Gasteiger partial charge in [0.15, 0.2) is 0 Å². The normalized spacial score (nSPS) is 18.7. The second-order valence-corrected chi connectivity index (χ2v) is 3.28. The van der Waals surface area contributed by atoms with Crippen LogP contribution in [0, 0.1) is 23.7 Å². The first-order valence-corrected chi connectivity index (χ1v) is 3.90. The molecule has 0 atom stereocenters. The number of aromatic nitrogens is 4. The van der Waals surface area contributed by atoms with E-state index in [1.807, 2.05) is 6.92 Å². The highest BCUT2D eigenvalue weighted by molar-refractivity contribution is 5.09. The second kappa shape index (κ2) is 2.27. The molecule has 0 aliphatic heterocycles. The number of aryl methyl sites for hydroxylation is 1. The molecule has 5 nitrogen and oxygen atoms in total. The van der Waals surface area contributed by atoms with Crippen LogP contribution in [-0.2, 0) is 6.54 Å². The molecular weight excluding hydrogens is 154 g/mol. The molecule has 1 fully saturated rings. The van der Waals surface area contributed by atoms with Gasteiger partial charge in [-0.3, -0.25) is 0 Å². The molecule has 0 N–H and O–H groups in total. The van der Waals surface area contributed by atoms with Gasteiger partial charge in [0.05, 0.1) is 18.0 Å². The van der Waals surface area contributed by atoms with Crippen molar-refractivity contribution in [3.05, 3.63) is 5.82 Å². The van der Waals surface area contributed by atoms with E-state index in [4.69, 9.17) is 5.26 Å². The van der Waals surface area contributed by atoms with Crippen molar-refractivity contribution >= 4 is 0 Å². The van der Waals surface area contributed by atoms with Crippen LogP contribution in [0.2, 0.25) is 0 Å². The summed E-state index contributed by atoms with van der Waals surface area (Å²) in [4.78, 5) is 0. The molecular formula is C7H9N5. The Morgan fingerprint density at radius 3 is 2.83 bits per heavy atom. The Bertz CT molecular complexity index is 330. The highest BCUT2D eigenvalue weighted by atomic mass is 15.5. The first-order valence-electron chi connectivity index (χ1n) is 3.90. The van der Waals surface area contributed by atoms with Crippen LogP contribution in [0.25, 0.3) is 0 Å². The van der Waals surface area contributed by atoms with Gasteiger partial charge >= 0.3 is 0 Å². The minimum absolute atomic E-state index is 0.167. The van der Waals surface area contributed by atoms with E-state index in [-0.39, 0.29) is 5.41 Å². The topological polar surface area (TPSA) is 67.4 Å². The fraction of sp³-hybridized carbons (Fsp3) is 0.714. The zero-order valence-electron chi connectivity index (χ0n) is 6.86. The first-order chi connectivity index (χ1) is 5.76. The summed E-state index contributed by atoms with van der Waals surface area (Å²) in [5.41, 5.74) is -0.167. The Labute approximate surface area is 70.0 Å². The van der Waals surface area contributed by atoms with Crippen molar-refractivity contribution in [1.82, 2.24) is 20.2 Å². The molecule has 0 unspecified atom stereocenters. The summed E-state index contributed by atoms with van der Waals surface area (Å²) in [6.45, 7) is 2.48. The van der Waals surface area contributed by atoms with E-state index in [0.717, 1.165) is 18.7 Å². The van der Waals surface area contributed by atoms with Gasteiger partial charge in [0, 0.05) is 0 Å². The number of tetrazole rings is 1. The summed E-state index contributed by atoms with van der Waals surface area (Å²) >= 11 is 0. The summed E-state index contributed by atoms with van der Waals surface area (Å²) in [7, 11) is 0. The minimum Gasteiger partial charge on any atom is -0.228 e. The van der Waals surface area contributed by atoms with Gasteiger partial charge in [-0.1, -0.05) is 0 Å². The molecule has 1 aromatic rings. The number of nitrogens with zero attached hydrogens (tertiary/aromatic N) is 5. The molecule has 12 heavy (non-hydrogen) atoms. The third kappa shape index (κ3) is 1.05. The third-order valence-corrected chi connectivity index (χ3v) is 2.25. The van der Waals surface area contributed by atoms with Crippen LogP contribution in [0.3, 0.4) is 0 Å². The summed E-state index contributed by atoms with van der Waals surface area (Å²) < 4.78 is 1.69. The maximum atomic E-state index is 8.81. The fourth-order valence-electron chi connectivity index (χ4n) is 1.14. The van der Waals surface area contributed by atoms with Crippen molar-refractivity contribution < 1.29 is 0 Å². The second-order valence-electron chi connectivity index (χ2n) is 3.28. The van der Waals surface area contributed by atoms with E-state index in [1.165, 1.54) is 0 Å². The number of nitriles is 1. The predicted molar refractivity (Wildman–Crippen MR) is 39.8 cm³/mol. The minimum atomic E-state index is -0.167. The quantitative estimate of drug-likeness (QED) is 0.628. The van der Waals surface area contributed by atoms with Crippen molar-refractivity contribution in [2.75, 3.05) is 0 Å². The Balaban J connectivity index is 2.15. The van der Waals surface area contributed by atoms with Crippen LogP contribution in [0.5, 0.6) is 0 Å². The summed E-state index contributed by atoms with van der Waals surface area (Å²) in [5.74, 6) is 0.775. The maximum absolute atomic E-state index is 8.81. The Kier molecular flexibility index (Phi) is 1.37. The molecule has 5 heteroatoms. The summed E-state index contributed by atoms with van der Waals surface area (Å²) in [5, 5.41) is 19.9. The van der Waals surface area contributed by atoms with E-state index < -0.39 is 0 Å². The number of hydrogen-bond donors (Lipinski definition) is 0. The van der Waals surface area contributed by atoms with Gasteiger partial charge in [-0.15, -0.1) is 5.10 Å². The largest absolute Gasteiger partial charge is 0.228 e. The van der Waals surface area contributed by atoms with Gasteiger partial charge in [-0.05, 0) is 30.2 Å². The molecule has 62 valence electrons. The lowest BCUT2D eigenvalue weighted by atomic mass is 10.1. The van der Waals surface area contributed by atoms with E-state index in [0.29, 0.717) is 6.54 Å². The van der Waals surface area contributed by atoms with Crippen LogP contribution in [0.15, 0.2) is 0 Å².